The monoisotopic (exact) mass is 279 g/mol. The lowest BCUT2D eigenvalue weighted by Crippen LogP contribution is -2.03. The Balaban J connectivity index is 2.32. The average molecular weight is 279 g/mol. The van der Waals surface area contributed by atoms with Crippen LogP contribution < -0.4 is 5.73 Å². The van der Waals surface area contributed by atoms with E-state index >= 15 is 0 Å². The highest BCUT2D eigenvalue weighted by Crippen LogP contribution is 2.30. The Hall–Kier alpha value is -3.08. The summed E-state index contributed by atoms with van der Waals surface area (Å²) >= 11 is 0. The fraction of sp³-hybridized carbons (Fsp3) is 0. The maximum Gasteiger partial charge on any atom is 0.341 e. The molecule has 0 fully saturated rings. The zero-order chi connectivity index (χ0) is 14.8. The molecule has 5 nitrogen and oxygen atoms in total. The molecule has 0 spiro atoms. The van der Waals surface area contributed by atoms with Gasteiger partial charge in [0.05, 0.1) is 11.4 Å². The Morgan fingerprint density at radius 2 is 1.57 bits per heavy atom. The van der Waals surface area contributed by atoms with Crippen molar-refractivity contribution in [1.29, 1.82) is 0 Å². The van der Waals surface area contributed by atoms with Crippen molar-refractivity contribution in [2.75, 3.05) is 5.73 Å². The van der Waals surface area contributed by atoms with Crippen LogP contribution in [0, 0.1) is 0 Å². The van der Waals surface area contributed by atoms with Crippen LogP contribution in [0.5, 0.6) is 0 Å². The van der Waals surface area contributed by atoms with E-state index < -0.39 is 5.97 Å². The van der Waals surface area contributed by atoms with Gasteiger partial charge in [0.1, 0.15) is 5.56 Å². The van der Waals surface area contributed by atoms with E-state index in [1.807, 2.05) is 60.7 Å². The van der Waals surface area contributed by atoms with E-state index in [2.05, 4.69) is 5.10 Å². The fourth-order valence-electron chi connectivity index (χ4n) is 2.26. The lowest BCUT2D eigenvalue weighted by atomic mass is 10.1. The summed E-state index contributed by atoms with van der Waals surface area (Å²) in [6, 6.07) is 18.6. The molecule has 21 heavy (non-hydrogen) atoms. The number of rotatable bonds is 3. The summed E-state index contributed by atoms with van der Waals surface area (Å²) < 4.78 is 1.56. The van der Waals surface area contributed by atoms with Gasteiger partial charge < -0.3 is 10.8 Å². The smallest absolute Gasteiger partial charge is 0.341 e. The van der Waals surface area contributed by atoms with Crippen LogP contribution in [0.2, 0.25) is 0 Å². The van der Waals surface area contributed by atoms with E-state index in [-0.39, 0.29) is 11.4 Å². The molecular formula is C16H13N3O2. The van der Waals surface area contributed by atoms with Crippen molar-refractivity contribution in [3.8, 4) is 16.9 Å². The molecule has 3 N–H and O–H groups in total. The van der Waals surface area contributed by atoms with Gasteiger partial charge in [0.2, 0.25) is 0 Å². The van der Waals surface area contributed by atoms with Crippen LogP contribution >= 0.6 is 0 Å². The number of carboxylic acid groups (broad SMARTS) is 1. The Bertz CT molecular complexity index is 780. The molecule has 1 heterocycles. The number of hydrogen-bond acceptors (Lipinski definition) is 3. The summed E-state index contributed by atoms with van der Waals surface area (Å²) in [5.41, 5.74) is 7.81. The van der Waals surface area contributed by atoms with Gasteiger partial charge in [-0.15, -0.1) is 5.10 Å². The van der Waals surface area contributed by atoms with Crippen LogP contribution in [0.3, 0.4) is 0 Å². The van der Waals surface area contributed by atoms with Gasteiger partial charge >= 0.3 is 5.97 Å². The first-order chi connectivity index (χ1) is 10.2. The summed E-state index contributed by atoms with van der Waals surface area (Å²) in [4.78, 5) is 11.5. The van der Waals surface area contributed by atoms with Crippen LogP contribution in [-0.2, 0) is 0 Å². The minimum Gasteiger partial charge on any atom is -0.477 e. The summed E-state index contributed by atoms with van der Waals surface area (Å²) in [5, 5.41) is 13.6. The standard InChI is InChI=1S/C16H13N3O2/c17-15-13(16(20)21)14(11-7-3-1-4-8-11)19(18-15)12-9-5-2-6-10-12/h1-10H,(H2,17,18)(H,20,21). The number of hydrogen-bond donors (Lipinski definition) is 2. The molecule has 104 valence electrons. The first-order valence-electron chi connectivity index (χ1n) is 6.41. The lowest BCUT2D eigenvalue weighted by Gasteiger charge is -2.08. The number of nitrogen functional groups attached to an aromatic ring is 1. The number of para-hydroxylation sites is 1. The third kappa shape index (κ3) is 2.25. The summed E-state index contributed by atoms with van der Waals surface area (Å²) in [7, 11) is 0. The first-order valence-corrected chi connectivity index (χ1v) is 6.41. The zero-order valence-electron chi connectivity index (χ0n) is 11.1. The predicted octanol–water partition coefficient (Wildman–Crippen LogP) is 2.82. The second-order valence-corrected chi connectivity index (χ2v) is 4.53. The minimum absolute atomic E-state index is 0.00482. The molecule has 0 aliphatic heterocycles. The molecule has 3 aromatic rings. The number of nitrogens with zero attached hydrogens (tertiary/aromatic N) is 2. The second-order valence-electron chi connectivity index (χ2n) is 4.53. The Kier molecular flexibility index (Phi) is 3.16. The average Bonchev–Trinajstić information content (AvgIpc) is 2.86. The summed E-state index contributed by atoms with van der Waals surface area (Å²) in [6.45, 7) is 0. The van der Waals surface area contributed by atoms with Crippen LogP contribution in [0.15, 0.2) is 60.7 Å². The van der Waals surface area contributed by atoms with Gasteiger partial charge in [-0.25, -0.2) is 9.48 Å². The molecule has 0 aliphatic rings. The SMILES string of the molecule is Nc1nn(-c2ccccc2)c(-c2ccccc2)c1C(=O)O. The Morgan fingerprint density at radius 3 is 2.14 bits per heavy atom. The van der Waals surface area contributed by atoms with Crippen molar-refractivity contribution >= 4 is 11.8 Å². The van der Waals surface area contributed by atoms with E-state index in [9.17, 15) is 9.90 Å². The highest BCUT2D eigenvalue weighted by Gasteiger charge is 2.23. The highest BCUT2D eigenvalue weighted by molar-refractivity contribution is 6.00. The van der Waals surface area contributed by atoms with Gasteiger partial charge in [-0.3, -0.25) is 0 Å². The fourth-order valence-corrected chi connectivity index (χ4v) is 2.26. The summed E-state index contributed by atoms with van der Waals surface area (Å²) in [6.07, 6.45) is 0. The number of aromatic nitrogens is 2. The van der Waals surface area contributed by atoms with Gasteiger partial charge in [0, 0.05) is 5.56 Å². The minimum atomic E-state index is -1.09. The molecule has 0 amide bonds. The van der Waals surface area contributed by atoms with Crippen molar-refractivity contribution in [2.24, 2.45) is 0 Å². The normalized spacial score (nSPS) is 10.5. The van der Waals surface area contributed by atoms with Crippen molar-refractivity contribution in [1.82, 2.24) is 9.78 Å². The molecule has 0 aliphatic carbocycles. The number of carbonyl (C=O) groups is 1. The van der Waals surface area contributed by atoms with Crippen molar-refractivity contribution < 1.29 is 9.90 Å². The Morgan fingerprint density at radius 1 is 1.00 bits per heavy atom. The van der Waals surface area contributed by atoms with Gasteiger partial charge in [-0.1, -0.05) is 48.5 Å². The topological polar surface area (TPSA) is 81.1 Å². The number of aromatic carboxylic acids is 1. The first kappa shape index (κ1) is 12.9. The lowest BCUT2D eigenvalue weighted by molar-refractivity contribution is 0.0699. The molecule has 0 bridgehead atoms. The molecule has 5 heteroatoms. The highest BCUT2D eigenvalue weighted by atomic mass is 16.4. The van der Waals surface area contributed by atoms with Gasteiger partial charge in [-0.05, 0) is 12.1 Å². The maximum absolute atomic E-state index is 11.5. The quantitative estimate of drug-likeness (QED) is 0.772. The molecule has 0 saturated carbocycles. The Labute approximate surface area is 121 Å². The molecule has 3 rings (SSSR count). The van der Waals surface area contributed by atoms with E-state index in [1.165, 1.54) is 0 Å². The van der Waals surface area contributed by atoms with E-state index in [4.69, 9.17) is 5.73 Å². The third-order valence-corrected chi connectivity index (χ3v) is 3.17. The largest absolute Gasteiger partial charge is 0.477 e. The van der Waals surface area contributed by atoms with Gasteiger partial charge in [-0.2, -0.15) is 0 Å². The zero-order valence-corrected chi connectivity index (χ0v) is 11.1. The van der Waals surface area contributed by atoms with Crippen molar-refractivity contribution in [3.63, 3.8) is 0 Å². The third-order valence-electron chi connectivity index (χ3n) is 3.17. The van der Waals surface area contributed by atoms with E-state index in [0.29, 0.717) is 5.69 Å². The molecule has 0 unspecified atom stereocenters. The number of carboxylic acids is 1. The van der Waals surface area contributed by atoms with Crippen LogP contribution in [0.1, 0.15) is 10.4 Å². The second kappa shape index (κ2) is 5.13. The van der Waals surface area contributed by atoms with Crippen LogP contribution in [0.25, 0.3) is 16.9 Å². The van der Waals surface area contributed by atoms with Crippen LogP contribution in [-0.4, -0.2) is 20.9 Å². The van der Waals surface area contributed by atoms with Crippen LogP contribution in [0.4, 0.5) is 5.82 Å². The molecule has 1 aromatic heterocycles. The predicted molar refractivity (Wildman–Crippen MR) is 80.4 cm³/mol. The number of nitrogens with two attached hydrogens (primary N) is 1. The van der Waals surface area contributed by atoms with Gasteiger partial charge in [0.25, 0.3) is 0 Å². The van der Waals surface area contributed by atoms with Crippen molar-refractivity contribution in [3.05, 3.63) is 66.2 Å². The number of anilines is 1. The molecular weight excluding hydrogens is 266 g/mol. The van der Waals surface area contributed by atoms with E-state index in [0.717, 1.165) is 11.3 Å². The maximum atomic E-state index is 11.5. The molecule has 0 radical (unpaired) electrons. The molecule has 2 aromatic carbocycles. The molecule has 0 saturated heterocycles. The molecule has 0 atom stereocenters. The van der Waals surface area contributed by atoms with Gasteiger partial charge in [0.15, 0.2) is 5.82 Å². The van der Waals surface area contributed by atoms with Crippen molar-refractivity contribution in [2.45, 2.75) is 0 Å². The summed E-state index contributed by atoms with van der Waals surface area (Å²) in [5.74, 6) is -1.08. The van der Waals surface area contributed by atoms with E-state index in [1.54, 1.807) is 4.68 Å². The number of benzene rings is 2.